The van der Waals surface area contributed by atoms with Crippen LogP contribution in [0.5, 0.6) is 5.75 Å². The highest BCUT2D eigenvalue weighted by Crippen LogP contribution is 2.27. The normalized spacial score (nSPS) is 11.1. The lowest BCUT2D eigenvalue weighted by atomic mass is 10.0. The summed E-state index contributed by atoms with van der Waals surface area (Å²) < 4.78 is 10.6. The van der Waals surface area contributed by atoms with Crippen molar-refractivity contribution in [2.45, 2.75) is 13.0 Å². The average Bonchev–Trinajstić information content (AvgIpc) is 2.79. The molecule has 0 aromatic heterocycles. The summed E-state index contributed by atoms with van der Waals surface area (Å²) in [6.45, 7) is 1.10. The first-order chi connectivity index (χ1) is 14.6. The summed E-state index contributed by atoms with van der Waals surface area (Å²) in [7, 11) is 0. The van der Waals surface area contributed by atoms with E-state index in [-0.39, 0.29) is 0 Å². The number of hydrogen-bond donors (Lipinski definition) is 1. The number of carbonyl (C=O) groups excluding carboxylic acids is 2. The van der Waals surface area contributed by atoms with E-state index in [0.717, 1.165) is 11.1 Å². The van der Waals surface area contributed by atoms with Gasteiger partial charge < -0.3 is 14.8 Å². The third-order valence-electron chi connectivity index (χ3n) is 4.26. The van der Waals surface area contributed by atoms with Gasteiger partial charge in [-0.25, -0.2) is 4.79 Å². The molecule has 0 fully saturated rings. The number of nitrogens with one attached hydrogen (secondary N) is 1. The largest absolute Gasteiger partial charge is 0.479 e. The first-order valence-electron chi connectivity index (χ1n) is 9.34. The molecule has 0 aliphatic rings. The predicted octanol–water partition coefficient (Wildman–Crippen LogP) is 4.17. The van der Waals surface area contributed by atoms with E-state index in [1.54, 1.807) is 30.3 Å². The summed E-state index contributed by atoms with van der Waals surface area (Å²) in [5, 5.41) is 11.6. The molecule has 0 saturated carbocycles. The van der Waals surface area contributed by atoms with Crippen LogP contribution in [0.1, 0.15) is 12.5 Å². The standard InChI is InChI=1S/C24H20N2O4/c1-17(30-20-13-11-18(15-25)12-14-20)24(28)29-16-23(27)26-22-10-6-5-9-21(22)19-7-3-2-4-8-19/h2-14,17H,16H2,1H3,(H,26,27)/t17-/m1/s1. The van der Waals surface area contributed by atoms with E-state index >= 15 is 0 Å². The number of nitriles is 1. The second-order valence-electron chi connectivity index (χ2n) is 6.46. The molecule has 150 valence electrons. The first-order valence-corrected chi connectivity index (χ1v) is 9.34. The van der Waals surface area contributed by atoms with Gasteiger partial charge in [0.05, 0.1) is 11.6 Å². The third kappa shape index (κ3) is 5.46. The van der Waals surface area contributed by atoms with E-state index in [1.165, 1.54) is 6.92 Å². The lowest BCUT2D eigenvalue weighted by Gasteiger charge is -2.15. The van der Waals surface area contributed by atoms with E-state index in [9.17, 15) is 9.59 Å². The fraction of sp³-hybridized carbons (Fsp3) is 0.125. The molecule has 3 aromatic rings. The Morgan fingerprint density at radius 1 is 0.967 bits per heavy atom. The van der Waals surface area contributed by atoms with Crippen molar-refractivity contribution >= 4 is 17.6 Å². The summed E-state index contributed by atoms with van der Waals surface area (Å²) in [4.78, 5) is 24.4. The molecule has 30 heavy (non-hydrogen) atoms. The van der Waals surface area contributed by atoms with Gasteiger partial charge in [0.25, 0.3) is 5.91 Å². The highest BCUT2D eigenvalue weighted by Gasteiger charge is 2.18. The number of rotatable bonds is 7. The minimum Gasteiger partial charge on any atom is -0.479 e. The molecule has 3 rings (SSSR count). The van der Waals surface area contributed by atoms with Crippen molar-refractivity contribution in [3.8, 4) is 22.9 Å². The zero-order valence-corrected chi connectivity index (χ0v) is 16.4. The molecule has 1 atom stereocenters. The maximum atomic E-state index is 12.3. The lowest BCUT2D eigenvalue weighted by Crippen LogP contribution is -2.29. The van der Waals surface area contributed by atoms with Crippen LogP contribution in [0.3, 0.4) is 0 Å². The zero-order chi connectivity index (χ0) is 21.3. The van der Waals surface area contributed by atoms with Crippen molar-refractivity contribution in [1.29, 1.82) is 5.26 Å². The topological polar surface area (TPSA) is 88.4 Å². The number of benzene rings is 3. The molecule has 6 nitrogen and oxygen atoms in total. The number of ether oxygens (including phenoxy) is 2. The smallest absolute Gasteiger partial charge is 0.347 e. The van der Waals surface area contributed by atoms with Gasteiger partial charge in [-0.05, 0) is 42.8 Å². The highest BCUT2D eigenvalue weighted by atomic mass is 16.6. The molecule has 1 N–H and O–H groups in total. The van der Waals surface area contributed by atoms with Crippen LogP contribution in [0.15, 0.2) is 78.9 Å². The number of para-hydroxylation sites is 1. The molecule has 0 spiro atoms. The van der Waals surface area contributed by atoms with Gasteiger partial charge in [0, 0.05) is 11.3 Å². The predicted molar refractivity (Wildman–Crippen MR) is 113 cm³/mol. The van der Waals surface area contributed by atoms with Crippen LogP contribution in [0.4, 0.5) is 5.69 Å². The molecule has 0 aliphatic carbocycles. The molecule has 0 radical (unpaired) electrons. The van der Waals surface area contributed by atoms with Crippen LogP contribution < -0.4 is 10.1 Å². The Morgan fingerprint density at radius 2 is 1.63 bits per heavy atom. The Kier molecular flexibility index (Phi) is 6.80. The quantitative estimate of drug-likeness (QED) is 0.601. The van der Waals surface area contributed by atoms with Crippen molar-refractivity contribution in [2.24, 2.45) is 0 Å². The van der Waals surface area contributed by atoms with Crippen molar-refractivity contribution in [3.05, 3.63) is 84.4 Å². The Labute approximate surface area is 174 Å². The van der Waals surface area contributed by atoms with Gasteiger partial charge in [0.15, 0.2) is 12.7 Å². The van der Waals surface area contributed by atoms with Gasteiger partial charge >= 0.3 is 5.97 Å². The fourth-order valence-electron chi connectivity index (χ4n) is 2.76. The van der Waals surface area contributed by atoms with Crippen LogP contribution in [0.2, 0.25) is 0 Å². The number of nitrogens with zero attached hydrogens (tertiary/aromatic N) is 1. The Bertz CT molecular complexity index is 1060. The monoisotopic (exact) mass is 400 g/mol. The average molecular weight is 400 g/mol. The van der Waals surface area contributed by atoms with E-state index < -0.39 is 24.6 Å². The first kappa shape index (κ1) is 20.6. The molecule has 1 amide bonds. The van der Waals surface area contributed by atoms with E-state index in [4.69, 9.17) is 14.7 Å². The number of amides is 1. The summed E-state index contributed by atoms with van der Waals surface area (Å²) in [5.41, 5.74) is 2.96. The van der Waals surface area contributed by atoms with Gasteiger partial charge in [-0.3, -0.25) is 4.79 Å². The summed E-state index contributed by atoms with van der Waals surface area (Å²) in [6.07, 6.45) is -0.901. The highest BCUT2D eigenvalue weighted by molar-refractivity contribution is 5.97. The molecule has 0 aliphatic heterocycles. The number of esters is 1. The molecule has 3 aromatic carbocycles. The zero-order valence-electron chi connectivity index (χ0n) is 16.4. The minimum absolute atomic E-state index is 0.428. The lowest BCUT2D eigenvalue weighted by molar-refractivity contribution is -0.153. The van der Waals surface area contributed by atoms with Gasteiger partial charge in [-0.15, -0.1) is 0 Å². The second kappa shape index (κ2) is 9.89. The molecule has 0 heterocycles. The Morgan fingerprint density at radius 3 is 2.33 bits per heavy atom. The summed E-state index contributed by atoms with van der Waals surface area (Å²) in [6, 6.07) is 25.4. The third-order valence-corrected chi connectivity index (χ3v) is 4.26. The second-order valence-corrected chi connectivity index (χ2v) is 6.46. The van der Waals surface area contributed by atoms with Gasteiger partial charge in [-0.2, -0.15) is 5.26 Å². The van der Waals surface area contributed by atoms with Crippen molar-refractivity contribution in [3.63, 3.8) is 0 Å². The van der Waals surface area contributed by atoms with Crippen molar-refractivity contribution < 1.29 is 19.1 Å². The van der Waals surface area contributed by atoms with Gasteiger partial charge in [0.1, 0.15) is 5.75 Å². The maximum Gasteiger partial charge on any atom is 0.347 e. The van der Waals surface area contributed by atoms with Gasteiger partial charge in [0.2, 0.25) is 0 Å². The van der Waals surface area contributed by atoms with Crippen molar-refractivity contribution in [1.82, 2.24) is 0 Å². The molecule has 0 bridgehead atoms. The van der Waals surface area contributed by atoms with E-state index in [2.05, 4.69) is 5.32 Å². The van der Waals surface area contributed by atoms with E-state index in [0.29, 0.717) is 17.0 Å². The molecule has 6 heteroatoms. The van der Waals surface area contributed by atoms with Crippen LogP contribution in [-0.2, 0) is 14.3 Å². The Balaban J connectivity index is 1.54. The molecule has 0 unspecified atom stereocenters. The Hall–Kier alpha value is -4.11. The fourth-order valence-corrected chi connectivity index (χ4v) is 2.76. The number of hydrogen-bond acceptors (Lipinski definition) is 5. The molecular formula is C24H20N2O4. The van der Waals surface area contributed by atoms with E-state index in [1.807, 2.05) is 54.6 Å². The number of carbonyl (C=O) groups is 2. The molecular weight excluding hydrogens is 380 g/mol. The van der Waals surface area contributed by atoms with Gasteiger partial charge in [-0.1, -0.05) is 48.5 Å². The van der Waals surface area contributed by atoms with Crippen LogP contribution in [-0.4, -0.2) is 24.6 Å². The maximum absolute atomic E-state index is 12.3. The van der Waals surface area contributed by atoms with Crippen LogP contribution >= 0.6 is 0 Å². The van der Waals surface area contributed by atoms with Crippen molar-refractivity contribution in [2.75, 3.05) is 11.9 Å². The summed E-state index contributed by atoms with van der Waals surface area (Å²) in [5.74, 6) is -0.678. The molecule has 0 saturated heterocycles. The SMILES string of the molecule is C[C@@H](Oc1ccc(C#N)cc1)C(=O)OCC(=O)Nc1ccccc1-c1ccccc1. The van der Waals surface area contributed by atoms with Crippen LogP contribution in [0, 0.1) is 11.3 Å². The van der Waals surface area contributed by atoms with Crippen LogP contribution in [0.25, 0.3) is 11.1 Å². The minimum atomic E-state index is -0.901. The summed E-state index contributed by atoms with van der Waals surface area (Å²) >= 11 is 0. The number of anilines is 1.